The van der Waals surface area contributed by atoms with Gasteiger partial charge < -0.3 is 14.9 Å². The molecule has 0 aliphatic rings. The van der Waals surface area contributed by atoms with Crippen molar-refractivity contribution in [2.24, 2.45) is 5.84 Å². The van der Waals surface area contributed by atoms with Crippen LogP contribution in [0.5, 0.6) is 0 Å². The average Bonchev–Trinajstić information content (AvgIpc) is 2.90. The molecule has 0 saturated carbocycles. The number of nitrogens with zero attached hydrogens (tertiary/aromatic N) is 2. The van der Waals surface area contributed by atoms with E-state index in [4.69, 9.17) is 15.3 Å². The maximum absolute atomic E-state index is 5.64. The van der Waals surface area contributed by atoms with E-state index in [2.05, 4.69) is 15.4 Å². The number of hydrazine groups is 1. The summed E-state index contributed by atoms with van der Waals surface area (Å²) < 4.78 is 10.9. The van der Waals surface area contributed by atoms with E-state index < -0.39 is 0 Å². The van der Waals surface area contributed by atoms with Gasteiger partial charge in [-0.3, -0.25) is 0 Å². The van der Waals surface area contributed by atoms with Crippen molar-refractivity contribution in [3.8, 4) is 0 Å². The quantitative estimate of drug-likeness (QED) is 0.596. The van der Waals surface area contributed by atoms with Gasteiger partial charge in [-0.2, -0.15) is 0 Å². The summed E-state index contributed by atoms with van der Waals surface area (Å²) in [7, 11) is 0. The molecular weight excluding hydrogens is 264 g/mol. The first-order valence-electron chi connectivity index (χ1n) is 6.14. The van der Waals surface area contributed by atoms with Crippen LogP contribution in [-0.2, 0) is 16.1 Å². The number of nitrogens with two attached hydrogens (primary N) is 1. The lowest BCUT2D eigenvalue weighted by atomic mass is 10.4. The van der Waals surface area contributed by atoms with Gasteiger partial charge in [0.15, 0.2) is 11.6 Å². The van der Waals surface area contributed by atoms with Crippen LogP contribution in [0.1, 0.15) is 19.7 Å². The first kappa shape index (κ1) is 14.1. The highest BCUT2D eigenvalue weighted by molar-refractivity contribution is 7.16. The van der Waals surface area contributed by atoms with Crippen LogP contribution < -0.4 is 11.3 Å². The minimum Gasteiger partial charge on any atom is -0.379 e. The second kappa shape index (κ2) is 6.76. The summed E-state index contributed by atoms with van der Waals surface area (Å²) >= 11 is 1.55. The third-order valence-electron chi connectivity index (χ3n) is 2.56. The molecule has 1 unspecified atom stereocenters. The molecule has 2 aromatic rings. The Morgan fingerprint density at radius 3 is 3.05 bits per heavy atom. The zero-order valence-corrected chi connectivity index (χ0v) is 11.9. The highest BCUT2D eigenvalue weighted by Gasteiger charge is 2.09. The summed E-state index contributed by atoms with van der Waals surface area (Å²) in [5.74, 6) is 6.71. The van der Waals surface area contributed by atoms with Crippen LogP contribution in [0.25, 0.3) is 10.2 Å². The fraction of sp³-hybridized carbons (Fsp3) is 0.500. The predicted molar refractivity (Wildman–Crippen MR) is 76.0 cm³/mol. The molecule has 19 heavy (non-hydrogen) atoms. The van der Waals surface area contributed by atoms with Crippen LogP contribution in [0.15, 0.2) is 11.4 Å². The largest absolute Gasteiger partial charge is 0.379 e. The number of anilines is 1. The Morgan fingerprint density at radius 1 is 1.47 bits per heavy atom. The smallest absolute Gasteiger partial charge is 0.158 e. The van der Waals surface area contributed by atoms with Gasteiger partial charge in [-0.25, -0.2) is 15.8 Å². The highest BCUT2D eigenvalue weighted by Crippen LogP contribution is 2.24. The predicted octanol–water partition coefficient (Wildman–Crippen LogP) is 1.92. The number of fused-ring (bicyclic) bond motifs is 1. The molecule has 2 heterocycles. The molecule has 0 radical (unpaired) electrons. The van der Waals surface area contributed by atoms with Crippen molar-refractivity contribution in [2.75, 3.05) is 18.6 Å². The molecule has 0 aromatic carbocycles. The Kier molecular flexibility index (Phi) is 5.03. The van der Waals surface area contributed by atoms with E-state index in [9.17, 15) is 0 Å². The van der Waals surface area contributed by atoms with E-state index in [0.717, 1.165) is 10.2 Å². The number of nitrogens with one attached hydrogen (secondary N) is 1. The van der Waals surface area contributed by atoms with Gasteiger partial charge >= 0.3 is 0 Å². The molecule has 7 heteroatoms. The Bertz CT molecular complexity index is 531. The SMILES string of the molecule is CCOCC(C)OCc1nc(NN)c2ccsc2n1. The van der Waals surface area contributed by atoms with Gasteiger partial charge in [-0.1, -0.05) is 0 Å². The zero-order valence-electron chi connectivity index (χ0n) is 11.0. The van der Waals surface area contributed by atoms with Crippen LogP contribution in [0.4, 0.5) is 5.82 Å². The molecule has 0 aliphatic heterocycles. The van der Waals surface area contributed by atoms with Gasteiger partial charge in [-0.15, -0.1) is 11.3 Å². The summed E-state index contributed by atoms with van der Waals surface area (Å²) in [5.41, 5.74) is 2.59. The average molecular weight is 282 g/mol. The minimum atomic E-state index is 0.0110. The topological polar surface area (TPSA) is 82.3 Å². The molecule has 1 atom stereocenters. The maximum Gasteiger partial charge on any atom is 0.158 e. The van der Waals surface area contributed by atoms with Gasteiger partial charge in [0.05, 0.1) is 18.1 Å². The number of hydrogen-bond donors (Lipinski definition) is 2. The summed E-state index contributed by atoms with van der Waals surface area (Å²) in [6.45, 7) is 5.52. The van der Waals surface area contributed by atoms with Crippen molar-refractivity contribution >= 4 is 27.4 Å². The van der Waals surface area contributed by atoms with Crippen molar-refractivity contribution in [1.82, 2.24) is 9.97 Å². The molecule has 3 N–H and O–H groups in total. The van der Waals surface area contributed by atoms with Crippen LogP contribution in [0.3, 0.4) is 0 Å². The van der Waals surface area contributed by atoms with Crippen molar-refractivity contribution < 1.29 is 9.47 Å². The maximum atomic E-state index is 5.64. The molecule has 0 aliphatic carbocycles. The van der Waals surface area contributed by atoms with Gasteiger partial charge in [0, 0.05) is 6.61 Å². The molecule has 0 saturated heterocycles. The Balaban J connectivity index is 2.04. The molecule has 0 fully saturated rings. The fourth-order valence-electron chi connectivity index (χ4n) is 1.62. The summed E-state index contributed by atoms with van der Waals surface area (Å²) in [4.78, 5) is 9.68. The number of nitrogen functional groups attached to an aromatic ring is 1. The highest BCUT2D eigenvalue weighted by atomic mass is 32.1. The summed E-state index contributed by atoms with van der Waals surface area (Å²) in [6.07, 6.45) is 0.0110. The molecule has 104 valence electrons. The van der Waals surface area contributed by atoms with Crippen molar-refractivity contribution in [2.45, 2.75) is 26.6 Å². The Hall–Kier alpha value is -1.28. The number of ether oxygens (including phenoxy) is 2. The third-order valence-corrected chi connectivity index (χ3v) is 3.37. The lowest BCUT2D eigenvalue weighted by molar-refractivity contribution is -0.0138. The standard InChI is InChI=1S/C12H18N4O2S/c1-3-17-6-8(2)18-7-10-14-11(16-13)9-4-5-19-12(9)15-10/h4-5,8H,3,6-7,13H2,1-2H3,(H,14,15,16). The van der Waals surface area contributed by atoms with Crippen LogP contribution in [0, 0.1) is 0 Å². The first-order chi connectivity index (χ1) is 9.24. The minimum absolute atomic E-state index is 0.0110. The lowest BCUT2D eigenvalue weighted by Crippen LogP contribution is -2.17. The number of aromatic nitrogens is 2. The molecule has 2 rings (SSSR count). The van der Waals surface area contributed by atoms with Crippen molar-refractivity contribution in [3.05, 3.63) is 17.3 Å². The second-order valence-electron chi connectivity index (χ2n) is 4.05. The monoisotopic (exact) mass is 282 g/mol. The zero-order chi connectivity index (χ0) is 13.7. The fourth-order valence-corrected chi connectivity index (χ4v) is 2.41. The van der Waals surface area contributed by atoms with Gasteiger partial charge in [0.2, 0.25) is 0 Å². The van der Waals surface area contributed by atoms with Gasteiger partial charge in [0.25, 0.3) is 0 Å². The van der Waals surface area contributed by atoms with E-state index in [-0.39, 0.29) is 6.10 Å². The van der Waals surface area contributed by atoms with E-state index in [1.165, 1.54) is 0 Å². The third kappa shape index (κ3) is 3.60. The van der Waals surface area contributed by atoms with Gasteiger partial charge in [0.1, 0.15) is 11.4 Å². The van der Waals surface area contributed by atoms with Gasteiger partial charge in [-0.05, 0) is 25.3 Å². The number of thiophene rings is 1. The number of hydrogen-bond acceptors (Lipinski definition) is 7. The first-order valence-corrected chi connectivity index (χ1v) is 7.02. The Labute approximate surface area is 115 Å². The molecule has 0 spiro atoms. The molecule has 0 amide bonds. The van der Waals surface area contributed by atoms with E-state index in [1.54, 1.807) is 11.3 Å². The second-order valence-corrected chi connectivity index (χ2v) is 4.95. The van der Waals surface area contributed by atoms with Crippen molar-refractivity contribution in [1.29, 1.82) is 0 Å². The number of rotatable bonds is 7. The lowest BCUT2D eigenvalue weighted by Gasteiger charge is -2.12. The van der Waals surface area contributed by atoms with Crippen LogP contribution in [0.2, 0.25) is 0 Å². The molecule has 2 aromatic heterocycles. The van der Waals surface area contributed by atoms with Crippen LogP contribution in [-0.4, -0.2) is 29.3 Å². The van der Waals surface area contributed by atoms with Crippen molar-refractivity contribution in [3.63, 3.8) is 0 Å². The molecule has 0 bridgehead atoms. The van der Waals surface area contributed by atoms with Crippen LogP contribution >= 0.6 is 11.3 Å². The summed E-state index contributed by atoms with van der Waals surface area (Å²) in [6, 6.07) is 1.94. The summed E-state index contributed by atoms with van der Waals surface area (Å²) in [5, 5.41) is 2.89. The van der Waals surface area contributed by atoms with E-state index in [1.807, 2.05) is 25.3 Å². The van der Waals surface area contributed by atoms with E-state index in [0.29, 0.717) is 31.5 Å². The molecular formula is C12H18N4O2S. The van der Waals surface area contributed by atoms with E-state index >= 15 is 0 Å². The molecule has 6 nitrogen and oxygen atoms in total. The normalized spacial score (nSPS) is 12.8. The Morgan fingerprint density at radius 2 is 2.32 bits per heavy atom.